The minimum Gasteiger partial charge on any atom is -0.478 e. The van der Waals surface area contributed by atoms with Crippen LogP contribution in [0.1, 0.15) is 27.0 Å². The summed E-state index contributed by atoms with van der Waals surface area (Å²) >= 11 is 0. The van der Waals surface area contributed by atoms with Crippen LogP contribution in [0.15, 0.2) is 78.9 Å². The van der Waals surface area contributed by atoms with Gasteiger partial charge in [0.2, 0.25) is 5.88 Å². The number of nitrogens with two attached hydrogens (primary N) is 1. The first kappa shape index (κ1) is 21.3. The lowest BCUT2D eigenvalue weighted by Gasteiger charge is -2.12. The number of rotatable bonds is 6. The predicted molar refractivity (Wildman–Crippen MR) is 126 cm³/mol. The Kier molecular flexibility index (Phi) is 6.01. The third-order valence-corrected chi connectivity index (χ3v) is 5.17. The molecule has 3 N–H and O–H groups in total. The molecule has 5 nitrogen and oxygen atoms in total. The predicted octanol–water partition coefficient (Wildman–Crippen LogP) is 5.98. The largest absolute Gasteiger partial charge is 0.478 e. The zero-order chi connectivity index (χ0) is 22.7. The highest BCUT2D eigenvalue weighted by molar-refractivity contribution is 5.95. The summed E-state index contributed by atoms with van der Waals surface area (Å²) in [5.41, 5.74) is 12.2. The van der Waals surface area contributed by atoms with Gasteiger partial charge in [0.1, 0.15) is 5.75 Å². The Labute approximate surface area is 187 Å². The van der Waals surface area contributed by atoms with Crippen molar-refractivity contribution in [2.24, 2.45) is 5.73 Å². The van der Waals surface area contributed by atoms with Crippen LogP contribution in [0.25, 0.3) is 22.4 Å². The minimum absolute atomic E-state index is 0.215. The van der Waals surface area contributed by atoms with E-state index in [1.54, 1.807) is 24.3 Å². The summed E-state index contributed by atoms with van der Waals surface area (Å²) in [6.45, 7) is 4.36. The number of benzene rings is 3. The van der Waals surface area contributed by atoms with Crippen LogP contribution in [0.5, 0.6) is 11.6 Å². The number of aromatic nitrogens is 1. The summed E-state index contributed by atoms with van der Waals surface area (Å²) in [4.78, 5) is 16.3. The fourth-order valence-corrected chi connectivity index (χ4v) is 3.65. The summed E-state index contributed by atoms with van der Waals surface area (Å²) in [5.74, 6) is 0.0664. The molecule has 0 fully saturated rings. The molecule has 0 aliphatic heterocycles. The number of pyridine rings is 1. The van der Waals surface area contributed by atoms with Gasteiger partial charge in [0, 0.05) is 18.2 Å². The first-order valence-electron chi connectivity index (χ1n) is 10.3. The average Bonchev–Trinajstić information content (AvgIpc) is 2.79. The Hall–Kier alpha value is -3.96. The smallest absolute Gasteiger partial charge is 0.336 e. The van der Waals surface area contributed by atoms with E-state index in [-0.39, 0.29) is 5.56 Å². The molecule has 3 aromatic carbocycles. The molecule has 0 radical (unpaired) electrons. The van der Waals surface area contributed by atoms with Crippen LogP contribution in [0.4, 0.5) is 0 Å². The lowest BCUT2D eigenvalue weighted by Crippen LogP contribution is -2.01. The first-order valence-corrected chi connectivity index (χ1v) is 10.3. The molecule has 4 rings (SSSR count). The van der Waals surface area contributed by atoms with Crippen LogP contribution in [-0.4, -0.2) is 16.1 Å². The van der Waals surface area contributed by atoms with E-state index in [1.807, 2.05) is 56.3 Å². The van der Waals surface area contributed by atoms with Gasteiger partial charge in [-0.15, -0.1) is 0 Å². The molecule has 4 aromatic rings. The van der Waals surface area contributed by atoms with E-state index in [0.717, 1.165) is 27.8 Å². The molecule has 0 aliphatic rings. The summed E-state index contributed by atoms with van der Waals surface area (Å²) in [6, 6.07) is 24.8. The molecular formula is C27H24N2O3. The van der Waals surface area contributed by atoms with Crippen molar-refractivity contribution < 1.29 is 14.6 Å². The van der Waals surface area contributed by atoms with Crippen molar-refractivity contribution in [2.75, 3.05) is 0 Å². The van der Waals surface area contributed by atoms with Crippen LogP contribution < -0.4 is 10.5 Å². The van der Waals surface area contributed by atoms with Crippen LogP contribution in [0, 0.1) is 13.8 Å². The Morgan fingerprint density at radius 2 is 1.72 bits per heavy atom. The molecule has 1 heterocycles. The lowest BCUT2D eigenvalue weighted by molar-refractivity contribution is 0.0697. The van der Waals surface area contributed by atoms with Gasteiger partial charge in [0.25, 0.3) is 0 Å². The molecule has 0 unspecified atom stereocenters. The highest BCUT2D eigenvalue weighted by Crippen LogP contribution is 2.31. The zero-order valence-electron chi connectivity index (χ0n) is 18.0. The number of carbonyl (C=O) groups is 1. The van der Waals surface area contributed by atoms with Crippen molar-refractivity contribution in [1.29, 1.82) is 0 Å². The number of aryl methyl sites for hydroxylation is 2. The molecule has 0 aliphatic carbocycles. The van der Waals surface area contributed by atoms with Gasteiger partial charge in [-0.3, -0.25) is 0 Å². The monoisotopic (exact) mass is 424 g/mol. The molecule has 0 saturated carbocycles. The van der Waals surface area contributed by atoms with E-state index < -0.39 is 5.97 Å². The Balaban J connectivity index is 1.68. The number of nitrogens with zero attached hydrogens (tertiary/aromatic N) is 1. The fourth-order valence-electron chi connectivity index (χ4n) is 3.65. The van der Waals surface area contributed by atoms with Crippen molar-refractivity contribution in [1.82, 2.24) is 4.98 Å². The summed E-state index contributed by atoms with van der Waals surface area (Å²) < 4.78 is 6.08. The standard InChI is InChI=1S/C27H24N2O3/c1-17-9-10-23(24(13-17)27(30)31)25-7-4-8-26(29-25)32-22-12-18(2)11-21(15-22)20-6-3-5-19(14-20)16-28/h3-15H,16,28H2,1-2H3,(H,30,31). The molecule has 0 atom stereocenters. The molecule has 1 aromatic heterocycles. The fraction of sp³-hybridized carbons (Fsp3) is 0.111. The molecule has 32 heavy (non-hydrogen) atoms. The molecule has 5 heteroatoms. The highest BCUT2D eigenvalue weighted by atomic mass is 16.5. The van der Waals surface area contributed by atoms with Crippen molar-refractivity contribution in [3.05, 3.63) is 101 Å². The molecule has 0 amide bonds. The van der Waals surface area contributed by atoms with Gasteiger partial charge >= 0.3 is 5.97 Å². The number of aromatic carboxylic acids is 1. The van der Waals surface area contributed by atoms with E-state index in [0.29, 0.717) is 29.4 Å². The quantitative estimate of drug-likeness (QED) is 0.398. The molecule has 0 saturated heterocycles. The van der Waals surface area contributed by atoms with E-state index in [4.69, 9.17) is 10.5 Å². The van der Waals surface area contributed by atoms with E-state index >= 15 is 0 Å². The van der Waals surface area contributed by atoms with E-state index in [1.165, 1.54) is 0 Å². The Bertz CT molecular complexity index is 1300. The van der Waals surface area contributed by atoms with E-state index in [9.17, 15) is 9.90 Å². The third kappa shape index (κ3) is 4.68. The summed E-state index contributed by atoms with van der Waals surface area (Å²) in [7, 11) is 0. The lowest BCUT2D eigenvalue weighted by atomic mass is 10.0. The van der Waals surface area contributed by atoms with Crippen LogP contribution >= 0.6 is 0 Å². The van der Waals surface area contributed by atoms with Gasteiger partial charge in [0.05, 0.1) is 11.3 Å². The summed E-state index contributed by atoms with van der Waals surface area (Å²) in [5, 5.41) is 9.60. The van der Waals surface area contributed by atoms with Gasteiger partial charge < -0.3 is 15.6 Å². The number of ether oxygens (including phenoxy) is 1. The topological polar surface area (TPSA) is 85.4 Å². The van der Waals surface area contributed by atoms with Gasteiger partial charge in [-0.05, 0) is 66.4 Å². The van der Waals surface area contributed by atoms with Gasteiger partial charge in [-0.1, -0.05) is 48.0 Å². The molecular weight excluding hydrogens is 400 g/mol. The second-order valence-electron chi connectivity index (χ2n) is 7.76. The second-order valence-corrected chi connectivity index (χ2v) is 7.76. The number of hydrogen-bond donors (Lipinski definition) is 2. The van der Waals surface area contributed by atoms with Crippen molar-refractivity contribution in [3.63, 3.8) is 0 Å². The highest BCUT2D eigenvalue weighted by Gasteiger charge is 2.14. The Morgan fingerprint density at radius 1 is 0.906 bits per heavy atom. The number of carboxylic acids is 1. The first-order chi connectivity index (χ1) is 15.4. The molecule has 0 spiro atoms. The number of hydrogen-bond acceptors (Lipinski definition) is 4. The molecule has 160 valence electrons. The van der Waals surface area contributed by atoms with Crippen molar-refractivity contribution >= 4 is 5.97 Å². The minimum atomic E-state index is -0.986. The average molecular weight is 425 g/mol. The summed E-state index contributed by atoms with van der Waals surface area (Å²) in [6.07, 6.45) is 0. The second kappa shape index (κ2) is 9.04. The SMILES string of the molecule is Cc1cc(Oc2cccc(-c3ccc(C)cc3C(=O)O)n2)cc(-c2cccc(CN)c2)c1. The van der Waals surface area contributed by atoms with Crippen LogP contribution in [0.3, 0.4) is 0 Å². The normalized spacial score (nSPS) is 10.7. The van der Waals surface area contributed by atoms with Crippen molar-refractivity contribution in [3.8, 4) is 34.0 Å². The van der Waals surface area contributed by atoms with Crippen LogP contribution in [0.2, 0.25) is 0 Å². The molecule has 0 bridgehead atoms. The van der Waals surface area contributed by atoms with Crippen molar-refractivity contribution in [2.45, 2.75) is 20.4 Å². The van der Waals surface area contributed by atoms with E-state index in [2.05, 4.69) is 17.1 Å². The van der Waals surface area contributed by atoms with Gasteiger partial charge in [-0.25, -0.2) is 9.78 Å². The maximum Gasteiger partial charge on any atom is 0.336 e. The van der Waals surface area contributed by atoms with Gasteiger partial charge in [0.15, 0.2) is 0 Å². The van der Waals surface area contributed by atoms with Crippen LogP contribution in [-0.2, 0) is 6.54 Å². The Morgan fingerprint density at radius 3 is 2.50 bits per heavy atom. The zero-order valence-corrected chi connectivity index (χ0v) is 18.0. The third-order valence-electron chi connectivity index (χ3n) is 5.17. The van der Waals surface area contributed by atoms with Gasteiger partial charge in [-0.2, -0.15) is 0 Å². The maximum atomic E-state index is 11.7. The number of carboxylic acid groups (broad SMARTS) is 1. The maximum absolute atomic E-state index is 11.7.